The monoisotopic (exact) mass is 1030 g/mol. The number of nitrogens with zero attached hydrogens (tertiary/aromatic N) is 1. The first-order valence-electron chi connectivity index (χ1n) is 23.8. The van der Waals surface area contributed by atoms with Gasteiger partial charge in [0.05, 0.1) is 19.2 Å². The molecule has 1 fully saturated rings. The number of carboxylic acids is 1. The van der Waals surface area contributed by atoms with E-state index in [0.717, 1.165) is 0 Å². The third-order valence-corrected chi connectivity index (χ3v) is 11.3. The molecule has 406 valence electrons. The topological polar surface area (TPSA) is 443 Å². The molecule has 1 aliphatic heterocycles. The maximum Gasteiger partial charge on any atom is 0.322 e. The average Bonchev–Trinajstić information content (AvgIpc) is 3.81. The van der Waals surface area contributed by atoms with Gasteiger partial charge in [0.25, 0.3) is 0 Å². The Morgan fingerprint density at radius 3 is 1.73 bits per heavy atom. The molecule has 1 aliphatic rings. The molecule has 1 saturated heterocycles. The normalized spacial score (nSPS) is 16.0. The maximum absolute atomic E-state index is 14.1. The van der Waals surface area contributed by atoms with Crippen LogP contribution in [0.4, 0.5) is 0 Å². The van der Waals surface area contributed by atoms with Crippen LogP contribution in [0.1, 0.15) is 91.5 Å². The predicted octanol–water partition coefficient (Wildman–Crippen LogP) is -4.89. The Kier molecular flexibility index (Phi) is 25.7. The molecule has 0 bridgehead atoms. The van der Waals surface area contributed by atoms with Crippen LogP contribution in [-0.2, 0) is 64.0 Å². The number of nitrogens with two attached hydrogens (primary N) is 3. The summed E-state index contributed by atoms with van der Waals surface area (Å²) in [6.07, 6.45) is -0.676. The molecule has 8 unspecified atom stereocenters. The van der Waals surface area contributed by atoms with Crippen molar-refractivity contribution in [1.29, 1.82) is 0 Å². The Morgan fingerprint density at radius 2 is 1.15 bits per heavy atom. The number of carbonyl (C=O) groups is 12. The molecule has 1 aromatic rings. The summed E-state index contributed by atoms with van der Waals surface area (Å²) in [7, 11) is 0. The molecule has 8 atom stereocenters. The number of carboxylic acid groups (broad SMARTS) is 1. The van der Waals surface area contributed by atoms with Crippen LogP contribution in [0.3, 0.4) is 0 Å². The number of aliphatic hydroxyl groups is 1. The zero-order valence-electron chi connectivity index (χ0n) is 41.7. The number of benzene rings is 1. The Labute approximate surface area is 422 Å². The highest BCUT2D eigenvalue weighted by molar-refractivity contribution is 5.98. The fourth-order valence-corrected chi connectivity index (χ4v) is 7.48. The van der Waals surface area contributed by atoms with Gasteiger partial charge in [-0.2, -0.15) is 0 Å². The first-order valence-corrected chi connectivity index (χ1v) is 23.8. The molecule has 0 aliphatic carbocycles. The zero-order valence-corrected chi connectivity index (χ0v) is 41.7. The first-order chi connectivity index (χ1) is 34.2. The van der Waals surface area contributed by atoms with Crippen molar-refractivity contribution in [3.63, 3.8) is 0 Å². The number of primary amides is 2. The summed E-state index contributed by atoms with van der Waals surface area (Å²) in [5.74, 6) is -11.0. The van der Waals surface area contributed by atoms with Crippen molar-refractivity contribution >= 4 is 70.9 Å². The van der Waals surface area contributed by atoms with Crippen molar-refractivity contribution in [3.8, 4) is 5.75 Å². The molecule has 73 heavy (non-hydrogen) atoms. The quantitative estimate of drug-likeness (QED) is 0.0332. The lowest BCUT2D eigenvalue weighted by Gasteiger charge is -2.31. The summed E-state index contributed by atoms with van der Waals surface area (Å²) >= 11 is 0. The summed E-state index contributed by atoms with van der Waals surface area (Å²) in [6.45, 7) is 6.13. The highest BCUT2D eigenvalue weighted by atomic mass is 16.4. The number of phenolic OH excluding ortho intramolecular Hbond substituents is 1. The second-order valence-electron chi connectivity index (χ2n) is 18.5. The van der Waals surface area contributed by atoms with E-state index in [1.165, 1.54) is 36.1 Å². The third kappa shape index (κ3) is 22.3. The number of likely N-dealkylation sites (tertiary alicyclic amines) is 1. The number of amides is 11. The third-order valence-electron chi connectivity index (χ3n) is 11.3. The summed E-state index contributed by atoms with van der Waals surface area (Å²) < 4.78 is 0. The Bertz CT molecular complexity index is 2140. The Balaban J connectivity index is 2.26. The van der Waals surface area contributed by atoms with Crippen molar-refractivity contribution in [3.05, 3.63) is 29.8 Å². The molecule has 0 spiro atoms. The van der Waals surface area contributed by atoms with Crippen molar-refractivity contribution in [1.82, 2.24) is 47.4 Å². The Hall–Kier alpha value is -7.42. The Morgan fingerprint density at radius 1 is 0.630 bits per heavy atom. The van der Waals surface area contributed by atoms with Crippen molar-refractivity contribution in [2.75, 3.05) is 26.2 Å². The summed E-state index contributed by atoms with van der Waals surface area (Å²) in [6, 6.07) is -5.26. The molecule has 27 heteroatoms. The highest BCUT2D eigenvalue weighted by Crippen LogP contribution is 2.21. The van der Waals surface area contributed by atoms with Crippen LogP contribution in [0, 0.1) is 11.8 Å². The number of aliphatic carboxylic acids is 1. The fraction of sp³-hybridized carbons (Fsp3) is 0.609. The average molecular weight is 1030 g/mol. The van der Waals surface area contributed by atoms with Crippen molar-refractivity contribution < 1.29 is 72.9 Å². The second-order valence-corrected chi connectivity index (χ2v) is 18.5. The van der Waals surface area contributed by atoms with E-state index in [9.17, 15) is 67.7 Å². The van der Waals surface area contributed by atoms with Crippen LogP contribution >= 0.6 is 0 Å². The fourth-order valence-electron chi connectivity index (χ4n) is 7.48. The smallest absolute Gasteiger partial charge is 0.322 e. The van der Waals surface area contributed by atoms with E-state index in [4.69, 9.17) is 22.3 Å². The summed E-state index contributed by atoms with van der Waals surface area (Å²) in [5, 5.41) is 48.5. The number of phenols is 1. The van der Waals surface area contributed by atoms with Gasteiger partial charge in [0, 0.05) is 25.8 Å². The largest absolute Gasteiger partial charge is 0.508 e. The van der Waals surface area contributed by atoms with Crippen LogP contribution in [0.15, 0.2) is 24.3 Å². The van der Waals surface area contributed by atoms with Crippen LogP contribution in [0.2, 0.25) is 0 Å². The number of hydrogen-bond donors (Lipinski definition) is 14. The molecular weight excluding hydrogens is 961 g/mol. The van der Waals surface area contributed by atoms with E-state index < -0.39 is 152 Å². The highest BCUT2D eigenvalue weighted by Gasteiger charge is 2.40. The van der Waals surface area contributed by atoms with Gasteiger partial charge in [0.15, 0.2) is 0 Å². The van der Waals surface area contributed by atoms with Gasteiger partial charge < -0.3 is 80.0 Å². The van der Waals surface area contributed by atoms with Crippen molar-refractivity contribution in [2.24, 2.45) is 29.0 Å². The van der Waals surface area contributed by atoms with Gasteiger partial charge in [0.1, 0.15) is 54.6 Å². The molecule has 27 nitrogen and oxygen atoms in total. The first kappa shape index (κ1) is 61.7. The lowest BCUT2D eigenvalue weighted by atomic mass is 10.0. The number of carbonyl (C=O) groups excluding carboxylic acids is 11. The molecule has 1 heterocycles. The molecule has 0 saturated carbocycles. The minimum atomic E-state index is -1.78. The van der Waals surface area contributed by atoms with Crippen LogP contribution < -0.4 is 59.7 Å². The van der Waals surface area contributed by atoms with Gasteiger partial charge in [-0.15, -0.1) is 0 Å². The van der Waals surface area contributed by atoms with E-state index in [1.807, 2.05) is 0 Å². The molecule has 0 aromatic heterocycles. The molecule has 2 rings (SSSR count). The molecule has 17 N–H and O–H groups in total. The van der Waals surface area contributed by atoms with E-state index in [2.05, 4.69) is 42.5 Å². The zero-order chi connectivity index (χ0) is 55.1. The van der Waals surface area contributed by atoms with E-state index in [0.29, 0.717) is 12.0 Å². The number of aromatic hydroxyl groups is 1. The summed E-state index contributed by atoms with van der Waals surface area (Å²) in [5.41, 5.74) is 16.6. The minimum absolute atomic E-state index is 0.0501. The van der Waals surface area contributed by atoms with E-state index >= 15 is 0 Å². The molecule has 0 radical (unpaired) electrons. The summed E-state index contributed by atoms with van der Waals surface area (Å²) in [4.78, 5) is 156. The lowest BCUT2D eigenvalue weighted by molar-refractivity contribution is -0.143. The minimum Gasteiger partial charge on any atom is -0.508 e. The van der Waals surface area contributed by atoms with Gasteiger partial charge >= 0.3 is 5.97 Å². The standard InChI is InChI=1S/C46H72N12O15/c1-23(2)17-30(41(68)51-21-38(64)65)54-43(70)31(19-26-8-10-27(60)11-9-26)55-44(71)33(22-59)57-42(69)29(13-15-36(49)62)53-45(72)34-7-6-16-58(34)46(73)32(18-24(3)4)56-39(66)25(5)52-37(63)20-50-40(67)28(47)12-14-35(48)61/h8-11,23-25,28-34,59-60H,6-7,12-22,47H2,1-5H3,(H2,48,61)(H2,49,62)(H,50,67)(H,51,68)(H,52,63)(H,53,72)(H,54,70)(H,55,71)(H,56,66)(H,57,69)(H,64,65). The lowest BCUT2D eigenvalue weighted by Crippen LogP contribution is -2.60. The number of nitrogens with one attached hydrogen (secondary N) is 8. The van der Waals surface area contributed by atoms with Gasteiger partial charge in [-0.05, 0) is 75.0 Å². The van der Waals surface area contributed by atoms with Crippen molar-refractivity contribution in [2.45, 2.75) is 141 Å². The molecular formula is C46H72N12O15. The van der Waals surface area contributed by atoms with Gasteiger partial charge in [-0.1, -0.05) is 39.8 Å². The van der Waals surface area contributed by atoms with Crippen LogP contribution in [0.25, 0.3) is 0 Å². The van der Waals surface area contributed by atoms with Crippen LogP contribution in [0.5, 0.6) is 5.75 Å². The maximum atomic E-state index is 14.1. The SMILES string of the molecule is CC(C)CC(NC(=O)C(Cc1ccc(O)cc1)NC(=O)C(CO)NC(=O)C(CCC(N)=O)NC(=O)C1CCCN1C(=O)C(CC(C)C)NC(=O)C(C)NC(=O)CNC(=O)C(N)CCC(N)=O)C(=O)NCC(=O)O. The number of rotatable bonds is 31. The molecule has 1 aromatic carbocycles. The molecule has 11 amide bonds. The number of hydrogen-bond acceptors (Lipinski definition) is 15. The predicted molar refractivity (Wildman–Crippen MR) is 258 cm³/mol. The number of aliphatic hydroxyl groups excluding tert-OH is 1. The van der Waals surface area contributed by atoms with Crippen LogP contribution in [-0.4, -0.2) is 166 Å². The van der Waals surface area contributed by atoms with Gasteiger partial charge in [-0.3, -0.25) is 57.5 Å². The van der Waals surface area contributed by atoms with E-state index in [1.54, 1.807) is 27.7 Å². The van der Waals surface area contributed by atoms with E-state index in [-0.39, 0.29) is 62.7 Å². The van der Waals surface area contributed by atoms with Gasteiger partial charge in [0.2, 0.25) is 65.0 Å². The second kappa shape index (κ2) is 30.5. The van der Waals surface area contributed by atoms with Gasteiger partial charge in [-0.25, -0.2) is 0 Å².